The molecule has 0 aromatic heterocycles. The average molecular weight is 609 g/mol. The van der Waals surface area contributed by atoms with E-state index in [1.807, 2.05) is 4.90 Å². The molecule has 10 heteroatoms. The van der Waals surface area contributed by atoms with Crippen molar-refractivity contribution in [3.63, 3.8) is 0 Å². The molecule has 252 valence electrons. The highest BCUT2D eigenvalue weighted by Gasteiger charge is 2.30. The number of piperazine rings is 1. The summed E-state index contributed by atoms with van der Waals surface area (Å²) in [5.41, 5.74) is 16.4. The number of carbonyl (C=O) groups is 2. The van der Waals surface area contributed by atoms with Gasteiger partial charge in [0.1, 0.15) is 5.78 Å². The Morgan fingerprint density at radius 2 is 1.28 bits per heavy atom. The molecule has 2 saturated heterocycles. The maximum Gasteiger partial charge on any atom is 0.222 e. The Hall–Kier alpha value is -2.33. The van der Waals surface area contributed by atoms with Crippen LogP contribution in [-0.4, -0.2) is 95.8 Å². The molecular weight excluding hydrogens is 540 g/mol. The minimum absolute atomic E-state index is 0. The van der Waals surface area contributed by atoms with E-state index in [0.717, 1.165) is 97.2 Å². The fraction of sp³-hybridized carbons (Fsp3) is 0.848. The van der Waals surface area contributed by atoms with Crippen LogP contribution in [-0.2, 0) is 9.59 Å². The van der Waals surface area contributed by atoms with Gasteiger partial charge in [-0.15, -0.1) is 0 Å². The van der Waals surface area contributed by atoms with E-state index in [4.69, 9.17) is 17.2 Å². The standard InChI is InChI=1S/2C16H32N4O.CH4/c1-14(17)18-9-7-5-6-8-15(21)19-10-12-20(13-11-19)16(2,3)4;1-16(2,3)20-11-8-13(9-12-20)14(21)7-5-4-6-10-19-15(17)18;/h18H,1,5-13,17H2,2-4H3;13H,4-12H2,1-3H3,(H4,17,18,19);1H4. The zero-order chi connectivity index (χ0) is 31.8. The van der Waals surface area contributed by atoms with Crippen molar-refractivity contribution in [1.82, 2.24) is 20.0 Å². The number of unbranched alkanes of at least 4 members (excludes halogenated alkanes) is 4. The van der Waals surface area contributed by atoms with Gasteiger partial charge in [-0.25, -0.2) is 0 Å². The fourth-order valence-corrected chi connectivity index (χ4v) is 5.48. The lowest BCUT2D eigenvalue weighted by Crippen LogP contribution is -2.54. The van der Waals surface area contributed by atoms with Gasteiger partial charge in [0, 0.05) is 69.1 Å². The molecule has 0 saturated carbocycles. The van der Waals surface area contributed by atoms with Crippen molar-refractivity contribution in [1.29, 1.82) is 0 Å². The SMILES string of the molecule is C.C=C(N)NCCCCCC(=O)N1CCN(C(C)(C)C)CC1.CC(C)(C)N1CCC(C(=O)CCCCCN=C(N)N)CC1. The first kappa shape index (κ1) is 40.7. The van der Waals surface area contributed by atoms with Crippen molar-refractivity contribution in [2.24, 2.45) is 28.1 Å². The molecular formula is C33H68N8O2. The second kappa shape index (κ2) is 20.6. The molecule has 0 radical (unpaired) electrons. The Morgan fingerprint density at radius 3 is 1.79 bits per heavy atom. The van der Waals surface area contributed by atoms with E-state index < -0.39 is 0 Å². The number of nitrogens with two attached hydrogens (primary N) is 3. The maximum absolute atomic E-state index is 12.2. The summed E-state index contributed by atoms with van der Waals surface area (Å²) in [6.45, 7) is 24.3. The minimum Gasteiger partial charge on any atom is -0.386 e. The first-order chi connectivity index (χ1) is 19.6. The van der Waals surface area contributed by atoms with Crippen LogP contribution in [0.3, 0.4) is 0 Å². The highest BCUT2D eigenvalue weighted by molar-refractivity contribution is 5.81. The molecule has 2 rings (SSSR count). The zero-order valence-corrected chi connectivity index (χ0v) is 27.8. The number of rotatable bonds is 14. The highest BCUT2D eigenvalue weighted by atomic mass is 16.2. The van der Waals surface area contributed by atoms with Crippen molar-refractivity contribution in [2.45, 2.75) is 124 Å². The van der Waals surface area contributed by atoms with Gasteiger partial charge >= 0.3 is 0 Å². The Bertz CT molecular complexity index is 827. The van der Waals surface area contributed by atoms with Crippen LogP contribution in [0.2, 0.25) is 0 Å². The van der Waals surface area contributed by atoms with Crippen LogP contribution in [0, 0.1) is 5.92 Å². The molecule has 0 bridgehead atoms. The number of piperidine rings is 1. The summed E-state index contributed by atoms with van der Waals surface area (Å²) in [7, 11) is 0. The van der Waals surface area contributed by atoms with E-state index in [9.17, 15) is 9.59 Å². The second-order valence-electron chi connectivity index (χ2n) is 13.8. The third kappa shape index (κ3) is 18.2. The van der Waals surface area contributed by atoms with Crippen molar-refractivity contribution in [3.05, 3.63) is 12.4 Å². The number of amides is 1. The van der Waals surface area contributed by atoms with Crippen LogP contribution < -0.4 is 22.5 Å². The fourth-order valence-electron chi connectivity index (χ4n) is 5.48. The largest absolute Gasteiger partial charge is 0.386 e. The van der Waals surface area contributed by atoms with Crippen molar-refractivity contribution >= 4 is 17.6 Å². The first-order valence-electron chi connectivity index (χ1n) is 16.2. The molecule has 0 aromatic carbocycles. The average Bonchev–Trinajstić information content (AvgIpc) is 2.91. The number of carbonyl (C=O) groups excluding carboxylic acids is 2. The summed E-state index contributed by atoms with van der Waals surface area (Å²) in [6, 6.07) is 0. The molecule has 2 aliphatic rings. The molecule has 1 amide bonds. The van der Waals surface area contributed by atoms with Gasteiger partial charge in [0.05, 0.1) is 5.82 Å². The third-order valence-corrected chi connectivity index (χ3v) is 8.28. The Kier molecular flexibility index (Phi) is 19.5. The smallest absolute Gasteiger partial charge is 0.222 e. The number of ketones is 1. The molecule has 7 N–H and O–H groups in total. The van der Waals surface area contributed by atoms with E-state index in [0.29, 0.717) is 36.9 Å². The number of guanidine groups is 1. The molecule has 0 spiro atoms. The number of nitrogens with zero attached hydrogens (tertiary/aromatic N) is 4. The number of likely N-dealkylation sites (tertiary alicyclic amines) is 1. The van der Waals surface area contributed by atoms with Crippen molar-refractivity contribution in [2.75, 3.05) is 52.4 Å². The summed E-state index contributed by atoms with van der Waals surface area (Å²) in [6.07, 6.45) is 9.37. The maximum atomic E-state index is 12.2. The normalized spacial score (nSPS) is 16.8. The summed E-state index contributed by atoms with van der Waals surface area (Å²) in [5, 5.41) is 3.00. The van der Waals surface area contributed by atoms with Crippen LogP contribution in [0.5, 0.6) is 0 Å². The monoisotopic (exact) mass is 609 g/mol. The highest BCUT2D eigenvalue weighted by Crippen LogP contribution is 2.25. The molecule has 0 atom stereocenters. The Morgan fingerprint density at radius 1 is 0.767 bits per heavy atom. The Labute approximate surface area is 264 Å². The predicted molar refractivity (Wildman–Crippen MR) is 183 cm³/mol. The third-order valence-electron chi connectivity index (χ3n) is 8.28. The van der Waals surface area contributed by atoms with Crippen LogP contribution in [0.4, 0.5) is 0 Å². The van der Waals surface area contributed by atoms with Crippen LogP contribution in [0.1, 0.15) is 113 Å². The van der Waals surface area contributed by atoms with E-state index in [1.54, 1.807) is 0 Å². The van der Waals surface area contributed by atoms with Crippen LogP contribution in [0.15, 0.2) is 17.4 Å². The first-order valence-corrected chi connectivity index (χ1v) is 16.2. The minimum atomic E-state index is 0. The summed E-state index contributed by atoms with van der Waals surface area (Å²) in [5.74, 6) is 1.70. The van der Waals surface area contributed by atoms with E-state index in [1.165, 1.54) is 0 Å². The van der Waals surface area contributed by atoms with Gasteiger partial charge in [-0.05, 0) is 93.2 Å². The van der Waals surface area contributed by atoms with Gasteiger partial charge in [0.2, 0.25) is 5.91 Å². The van der Waals surface area contributed by atoms with Crippen molar-refractivity contribution in [3.8, 4) is 0 Å². The molecule has 2 heterocycles. The number of hydrogen-bond donors (Lipinski definition) is 4. The topological polar surface area (TPSA) is 146 Å². The Balaban J connectivity index is 0.000000802. The van der Waals surface area contributed by atoms with Gasteiger partial charge in [-0.2, -0.15) is 0 Å². The second-order valence-corrected chi connectivity index (χ2v) is 13.8. The van der Waals surface area contributed by atoms with Crippen LogP contribution in [0.25, 0.3) is 0 Å². The van der Waals surface area contributed by atoms with E-state index in [-0.39, 0.29) is 30.4 Å². The van der Waals surface area contributed by atoms with Crippen molar-refractivity contribution < 1.29 is 9.59 Å². The lowest BCUT2D eigenvalue weighted by atomic mass is 9.88. The lowest BCUT2D eigenvalue weighted by Gasteiger charge is -2.42. The summed E-state index contributed by atoms with van der Waals surface area (Å²) in [4.78, 5) is 35.2. The molecule has 2 aliphatic heterocycles. The molecule has 0 unspecified atom stereocenters. The predicted octanol–water partition coefficient (Wildman–Crippen LogP) is 4.04. The van der Waals surface area contributed by atoms with E-state index >= 15 is 0 Å². The van der Waals surface area contributed by atoms with Crippen LogP contribution >= 0.6 is 0 Å². The zero-order valence-electron chi connectivity index (χ0n) is 27.8. The summed E-state index contributed by atoms with van der Waals surface area (Å²) < 4.78 is 0. The molecule has 0 aromatic rings. The molecule has 2 fully saturated rings. The molecule has 43 heavy (non-hydrogen) atoms. The molecule has 10 nitrogen and oxygen atoms in total. The lowest BCUT2D eigenvalue weighted by molar-refractivity contribution is -0.133. The van der Waals surface area contributed by atoms with E-state index in [2.05, 4.69) is 68.2 Å². The number of hydrogen-bond acceptors (Lipinski definition) is 7. The van der Waals surface area contributed by atoms with Gasteiger partial charge in [-0.3, -0.25) is 24.4 Å². The molecule has 0 aliphatic carbocycles. The van der Waals surface area contributed by atoms with Gasteiger partial charge in [0.15, 0.2) is 5.96 Å². The quantitative estimate of drug-likeness (QED) is 0.131. The van der Waals surface area contributed by atoms with Gasteiger partial charge < -0.3 is 27.4 Å². The van der Waals surface area contributed by atoms with Gasteiger partial charge in [-0.1, -0.05) is 26.8 Å². The summed E-state index contributed by atoms with van der Waals surface area (Å²) >= 11 is 0. The number of aliphatic imine (C=N–C) groups is 1. The number of Topliss-reactive ketones (excluding diaryl/α,β-unsaturated/α-hetero) is 1. The van der Waals surface area contributed by atoms with Gasteiger partial charge in [0.25, 0.3) is 0 Å². The number of nitrogens with one attached hydrogen (secondary N) is 1.